The van der Waals surface area contributed by atoms with Crippen LogP contribution in [0.25, 0.3) is 94.1 Å². The summed E-state index contributed by atoms with van der Waals surface area (Å²) in [5.41, 5.74) is 5.64. The monoisotopic (exact) mass is 659 g/mol. The van der Waals surface area contributed by atoms with Crippen molar-refractivity contribution < 1.29 is 11.0 Å². The summed E-state index contributed by atoms with van der Waals surface area (Å²) in [5.74, 6) is 0.405. The van der Waals surface area contributed by atoms with Crippen LogP contribution in [-0.2, 0) is 0 Å². The van der Waals surface area contributed by atoms with Crippen molar-refractivity contribution in [2.45, 2.75) is 0 Å². The van der Waals surface area contributed by atoms with Gasteiger partial charge in [0.2, 0.25) is 5.95 Å². The Labute approximate surface area is 304 Å². The Balaban J connectivity index is 1.32. The Bertz CT molecular complexity index is 3410. The minimum absolute atomic E-state index is 0.109. The van der Waals surface area contributed by atoms with E-state index in [0.717, 1.165) is 33.1 Å². The van der Waals surface area contributed by atoms with Crippen molar-refractivity contribution in [2.24, 2.45) is 0 Å². The van der Waals surface area contributed by atoms with Crippen LogP contribution in [0.4, 0.5) is 0 Å². The molecule has 0 radical (unpaired) electrons. The first-order valence-electron chi connectivity index (χ1n) is 20.6. The molecule has 5 nitrogen and oxygen atoms in total. The van der Waals surface area contributed by atoms with Crippen molar-refractivity contribution in [2.75, 3.05) is 0 Å². The number of para-hydroxylation sites is 7. The fourth-order valence-corrected chi connectivity index (χ4v) is 7.63. The molecule has 5 heteroatoms. The van der Waals surface area contributed by atoms with E-state index in [1.165, 1.54) is 0 Å². The van der Waals surface area contributed by atoms with Crippen molar-refractivity contribution in [3.8, 4) is 28.7 Å². The molecule has 11 aromatic rings. The van der Waals surface area contributed by atoms with Gasteiger partial charge in [-0.25, -0.2) is 4.98 Å². The van der Waals surface area contributed by atoms with Gasteiger partial charge in [0.1, 0.15) is 5.82 Å². The molecule has 7 aromatic carbocycles. The number of rotatable bonds is 4. The number of aromatic nitrogens is 5. The lowest BCUT2D eigenvalue weighted by Crippen LogP contribution is -2.08. The number of benzene rings is 7. The molecule has 0 bridgehead atoms. The average molecular weight is 660 g/mol. The van der Waals surface area contributed by atoms with Gasteiger partial charge < -0.3 is 4.57 Å². The number of nitrogens with zero attached hydrogens (tertiary/aromatic N) is 5. The molecule has 0 saturated heterocycles. The molecule has 4 heterocycles. The van der Waals surface area contributed by atoms with Gasteiger partial charge in [-0.05, 0) is 42.4 Å². The standard InChI is InChI=1S/C46H29N5/c1-8-22-38-30(15-1)31-16-2-9-23-39(31)49(38)44-28-14-7-21-36(44)37-29-45(50-40-24-10-3-17-32(40)33-18-4-11-25-41(33)50)48-46(47-37)51-42-26-12-5-19-34(42)35-20-6-13-27-43(35)51/h1-29H/i3D,5D,10D,12D,17D,19D,24D,26D. The summed E-state index contributed by atoms with van der Waals surface area (Å²) in [5, 5.41) is 4.07. The smallest absolute Gasteiger partial charge is 0.237 e. The summed E-state index contributed by atoms with van der Waals surface area (Å²) in [6.45, 7) is 0. The normalized spacial score (nSPS) is 14.1. The van der Waals surface area contributed by atoms with Gasteiger partial charge in [0, 0.05) is 43.9 Å². The van der Waals surface area contributed by atoms with Gasteiger partial charge in [0.05, 0.1) is 55.4 Å². The predicted octanol–water partition coefficient (Wildman–Crippen LogP) is 11.4. The van der Waals surface area contributed by atoms with Crippen LogP contribution >= 0.6 is 0 Å². The molecule has 0 aliphatic carbocycles. The van der Waals surface area contributed by atoms with Crippen molar-refractivity contribution in [3.05, 3.63) is 176 Å². The Morgan fingerprint density at radius 3 is 1.45 bits per heavy atom. The summed E-state index contributed by atoms with van der Waals surface area (Å²) < 4.78 is 76.5. The minimum atomic E-state index is -0.391. The Kier molecular flexibility index (Phi) is 4.47. The zero-order valence-electron chi connectivity index (χ0n) is 34.9. The Morgan fingerprint density at radius 2 is 0.843 bits per heavy atom. The van der Waals surface area contributed by atoms with Gasteiger partial charge in [0.25, 0.3) is 0 Å². The fourth-order valence-electron chi connectivity index (χ4n) is 7.63. The highest BCUT2D eigenvalue weighted by molar-refractivity contribution is 6.11. The first-order valence-corrected chi connectivity index (χ1v) is 16.6. The highest BCUT2D eigenvalue weighted by atomic mass is 15.2. The van der Waals surface area contributed by atoms with Crippen molar-refractivity contribution in [3.63, 3.8) is 0 Å². The zero-order chi connectivity index (χ0) is 40.4. The third-order valence-electron chi connectivity index (χ3n) is 9.74. The van der Waals surface area contributed by atoms with E-state index in [1.807, 2.05) is 103 Å². The lowest BCUT2D eigenvalue weighted by Gasteiger charge is -2.16. The van der Waals surface area contributed by atoms with E-state index in [4.69, 9.17) is 18.2 Å². The Morgan fingerprint density at radius 1 is 0.392 bits per heavy atom. The van der Waals surface area contributed by atoms with E-state index < -0.39 is 6.04 Å². The van der Waals surface area contributed by atoms with Crippen LogP contribution in [0.5, 0.6) is 0 Å². The summed E-state index contributed by atoms with van der Waals surface area (Å²) >= 11 is 0. The third kappa shape index (κ3) is 4.03. The van der Waals surface area contributed by atoms with E-state index in [1.54, 1.807) is 9.13 Å². The van der Waals surface area contributed by atoms with Gasteiger partial charge in [-0.1, -0.05) is 127 Å². The second kappa shape index (κ2) is 10.8. The highest BCUT2D eigenvalue weighted by Crippen LogP contribution is 2.38. The van der Waals surface area contributed by atoms with Crippen LogP contribution in [0.3, 0.4) is 0 Å². The van der Waals surface area contributed by atoms with Crippen molar-refractivity contribution in [1.29, 1.82) is 0 Å². The first-order chi connectivity index (χ1) is 28.7. The summed E-state index contributed by atoms with van der Waals surface area (Å²) in [7, 11) is 0. The van der Waals surface area contributed by atoms with Crippen molar-refractivity contribution >= 4 is 65.4 Å². The molecule has 0 atom stereocenters. The summed E-state index contributed by atoms with van der Waals surface area (Å²) in [6, 6.07) is 38.6. The van der Waals surface area contributed by atoms with Gasteiger partial charge in [0.15, 0.2) is 0 Å². The average Bonchev–Trinajstić information content (AvgIpc) is 3.92. The molecule has 0 aliphatic heterocycles. The zero-order valence-corrected chi connectivity index (χ0v) is 26.9. The molecule has 0 aliphatic rings. The molecule has 0 spiro atoms. The van der Waals surface area contributed by atoms with Gasteiger partial charge in [-0.15, -0.1) is 0 Å². The topological polar surface area (TPSA) is 40.6 Å². The van der Waals surface area contributed by atoms with Crippen LogP contribution in [0.15, 0.2) is 176 Å². The van der Waals surface area contributed by atoms with E-state index in [0.29, 0.717) is 44.1 Å². The number of hydrogen-bond donors (Lipinski definition) is 0. The molecule has 0 N–H and O–H groups in total. The maximum Gasteiger partial charge on any atom is 0.237 e. The van der Waals surface area contributed by atoms with E-state index in [2.05, 4.69) is 28.8 Å². The maximum atomic E-state index is 9.20. The molecule has 0 fully saturated rings. The van der Waals surface area contributed by atoms with Crippen LogP contribution < -0.4 is 0 Å². The molecule has 0 unspecified atom stereocenters. The SMILES string of the molecule is [2H]c1c([2H])c([2H])c2c(c1[2H])c1ccccc1n2-c1cc(-c2ccccc2-n2c3ccccc3c3ccccc32)nc(-n2c3ccccc3c3c([2H])c([2H])c([2H])c([2H])c32)n1. The summed E-state index contributed by atoms with van der Waals surface area (Å²) in [4.78, 5) is 10.4. The molecule has 11 rings (SSSR count). The quantitative estimate of drug-likeness (QED) is 0.189. The molecule has 51 heavy (non-hydrogen) atoms. The molecule has 0 amide bonds. The molecule has 4 aromatic heterocycles. The lowest BCUT2D eigenvalue weighted by molar-refractivity contribution is 0.951. The van der Waals surface area contributed by atoms with Gasteiger partial charge >= 0.3 is 0 Å². The van der Waals surface area contributed by atoms with Crippen LogP contribution in [0, 0.1) is 0 Å². The fraction of sp³-hybridized carbons (Fsp3) is 0. The third-order valence-corrected chi connectivity index (χ3v) is 9.74. The second-order valence-electron chi connectivity index (χ2n) is 12.5. The summed E-state index contributed by atoms with van der Waals surface area (Å²) in [6.07, 6.45) is 0. The predicted molar refractivity (Wildman–Crippen MR) is 210 cm³/mol. The van der Waals surface area contributed by atoms with Crippen molar-refractivity contribution in [1.82, 2.24) is 23.7 Å². The number of hydrogen-bond acceptors (Lipinski definition) is 2. The molecule has 0 saturated carbocycles. The van der Waals surface area contributed by atoms with Crippen LogP contribution in [0.2, 0.25) is 0 Å². The maximum absolute atomic E-state index is 9.20. The minimum Gasteiger partial charge on any atom is -0.309 e. The molecular weight excluding hydrogens is 623 g/mol. The number of fused-ring (bicyclic) bond motifs is 9. The largest absolute Gasteiger partial charge is 0.309 e. The van der Waals surface area contributed by atoms with E-state index >= 15 is 0 Å². The lowest BCUT2D eigenvalue weighted by atomic mass is 10.1. The first kappa shape index (κ1) is 21.2. The molecular formula is C46H29N5. The molecule has 238 valence electrons. The second-order valence-corrected chi connectivity index (χ2v) is 12.5. The highest BCUT2D eigenvalue weighted by Gasteiger charge is 2.21. The Hall–Kier alpha value is -6.98. The van der Waals surface area contributed by atoms with Gasteiger partial charge in [-0.3, -0.25) is 9.13 Å². The van der Waals surface area contributed by atoms with Gasteiger partial charge in [-0.2, -0.15) is 4.98 Å². The van der Waals surface area contributed by atoms with E-state index in [-0.39, 0.29) is 59.3 Å². The van der Waals surface area contributed by atoms with E-state index in [9.17, 15) is 2.74 Å². The van der Waals surface area contributed by atoms with Crippen LogP contribution in [-0.4, -0.2) is 23.7 Å². The van der Waals surface area contributed by atoms with Crippen LogP contribution in [0.1, 0.15) is 11.0 Å².